The van der Waals surface area contributed by atoms with Gasteiger partial charge < -0.3 is 15.5 Å². The Bertz CT molecular complexity index is 1480. The number of pyridine rings is 1. The zero-order chi connectivity index (χ0) is 26.2. The van der Waals surface area contributed by atoms with Crippen LogP contribution in [0.25, 0.3) is 21.6 Å². The summed E-state index contributed by atoms with van der Waals surface area (Å²) in [7, 11) is 0. The Balaban J connectivity index is 1.35. The minimum absolute atomic E-state index is 0.0846. The van der Waals surface area contributed by atoms with E-state index < -0.39 is 29.3 Å². The number of anilines is 2. The van der Waals surface area contributed by atoms with Crippen molar-refractivity contribution in [2.75, 3.05) is 36.8 Å². The Morgan fingerprint density at radius 2 is 1.86 bits per heavy atom. The van der Waals surface area contributed by atoms with E-state index in [4.69, 9.17) is 0 Å². The number of benzene rings is 1. The molecule has 3 amide bonds. The van der Waals surface area contributed by atoms with Gasteiger partial charge in [0.1, 0.15) is 5.82 Å². The highest BCUT2D eigenvalue weighted by Gasteiger charge is 2.31. The summed E-state index contributed by atoms with van der Waals surface area (Å²) < 4.78 is 52.7. The van der Waals surface area contributed by atoms with Crippen LogP contribution in [0.1, 0.15) is 15.9 Å². The van der Waals surface area contributed by atoms with E-state index in [2.05, 4.69) is 36.1 Å². The molecule has 10 nitrogen and oxygen atoms in total. The molecule has 0 aliphatic carbocycles. The molecular weight excluding hydrogens is 516 g/mol. The second-order valence-corrected chi connectivity index (χ2v) is 9.06. The number of thiazole rings is 1. The molecule has 4 N–H and O–H groups in total. The molecule has 37 heavy (non-hydrogen) atoms. The Morgan fingerprint density at radius 1 is 1.08 bits per heavy atom. The quantitative estimate of drug-likeness (QED) is 0.294. The summed E-state index contributed by atoms with van der Waals surface area (Å²) in [6, 6.07) is 2.35. The van der Waals surface area contributed by atoms with Crippen LogP contribution < -0.4 is 16.0 Å². The number of H-pyrrole nitrogens is 1. The average Bonchev–Trinajstić information content (AvgIpc) is 3.54. The molecule has 0 saturated carbocycles. The van der Waals surface area contributed by atoms with Gasteiger partial charge in [0, 0.05) is 32.4 Å². The number of aromatic amines is 1. The molecule has 1 aliphatic heterocycles. The fourth-order valence-corrected chi connectivity index (χ4v) is 4.54. The van der Waals surface area contributed by atoms with Crippen LogP contribution in [-0.2, 0) is 6.18 Å². The molecule has 1 aromatic carbocycles. The zero-order valence-corrected chi connectivity index (χ0v) is 19.6. The minimum Gasteiger partial charge on any atom is -0.336 e. The van der Waals surface area contributed by atoms with Crippen LogP contribution in [0.15, 0.2) is 36.7 Å². The first-order chi connectivity index (χ1) is 17.7. The number of urea groups is 1. The van der Waals surface area contributed by atoms with Gasteiger partial charge in [0.2, 0.25) is 0 Å². The molecule has 1 aliphatic rings. The molecule has 0 atom stereocenters. The first kappa shape index (κ1) is 24.6. The predicted molar refractivity (Wildman–Crippen MR) is 128 cm³/mol. The smallest absolute Gasteiger partial charge is 0.336 e. The lowest BCUT2D eigenvalue weighted by Gasteiger charge is -2.27. The molecule has 0 spiro atoms. The van der Waals surface area contributed by atoms with E-state index in [1.807, 2.05) is 0 Å². The number of carbonyl (C=O) groups excluding carboxylic acids is 2. The van der Waals surface area contributed by atoms with Crippen LogP contribution in [0.2, 0.25) is 0 Å². The normalized spacial score (nSPS) is 14.1. The van der Waals surface area contributed by atoms with Gasteiger partial charge in [-0.1, -0.05) is 11.3 Å². The summed E-state index contributed by atoms with van der Waals surface area (Å²) in [6.45, 7) is 2.50. The predicted octanol–water partition coefficient (Wildman–Crippen LogP) is 3.93. The fraction of sp³-hybridized carbons (Fsp3) is 0.227. The number of carbonyl (C=O) groups is 2. The van der Waals surface area contributed by atoms with E-state index >= 15 is 0 Å². The van der Waals surface area contributed by atoms with Crippen LogP contribution in [-0.4, -0.2) is 63.2 Å². The summed E-state index contributed by atoms with van der Waals surface area (Å²) in [6.07, 6.45) is -1.74. The molecule has 4 heterocycles. The SMILES string of the molecule is O=C(Nc1ncc(-c2cc(C(=O)N3CCNCC3)c3cn[nH]c3n2)s1)Nc1cc(C(F)(F)F)ccc1F. The number of hydrogen-bond donors (Lipinski definition) is 4. The highest BCUT2D eigenvalue weighted by Crippen LogP contribution is 2.33. The molecule has 3 aromatic heterocycles. The van der Waals surface area contributed by atoms with Gasteiger partial charge in [-0.05, 0) is 24.3 Å². The van der Waals surface area contributed by atoms with E-state index in [1.165, 1.54) is 12.4 Å². The zero-order valence-electron chi connectivity index (χ0n) is 18.8. The maximum absolute atomic E-state index is 13.9. The van der Waals surface area contributed by atoms with Crippen molar-refractivity contribution in [2.24, 2.45) is 0 Å². The van der Waals surface area contributed by atoms with Gasteiger partial charge in [-0.25, -0.2) is 19.2 Å². The molecule has 1 fully saturated rings. The fourth-order valence-electron chi connectivity index (χ4n) is 3.77. The third-order valence-corrected chi connectivity index (χ3v) is 6.51. The van der Waals surface area contributed by atoms with E-state index in [0.29, 0.717) is 71.5 Å². The third-order valence-electron chi connectivity index (χ3n) is 5.58. The molecule has 192 valence electrons. The van der Waals surface area contributed by atoms with Crippen molar-refractivity contribution < 1.29 is 27.2 Å². The number of rotatable bonds is 4. The van der Waals surface area contributed by atoms with Crippen molar-refractivity contribution >= 4 is 45.1 Å². The highest BCUT2D eigenvalue weighted by atomic mass is 32.1. The van der Waals surface area contributed by atoms with E-state index in [0.717, 1.165) is 11.3 Å². The molecule has 0 bridgehead atoms. The summed E-state index contributed by atoms with van der Waals surface area (Å²) in [5.41, 5.74) is -0.517. The van der Waals surface area contributed by atoms with Crippen molar-refractivity contribution in [1.82, 2.24) is 30.4 Å². The lowest BCUT2D eigenvalue weighted by atomic mass is 10.1. The number of halogens is 4. The maximum Gasteiger partial charge on any atom is 0.416 e. The van der Waals surface area contributed by atoms with E-state index in [-0.39, 0.29) is 11.0 Å². The van der Waals surface area contributed by atoms with Gasteiger partial charge in [-0.15, -0.1) is 0 Å². The van der Waals surface area contributed by atoms with Crippen LogP contribution in [0, 0.1) is 5.82 Å². The van der Waals surface area contributed by atoms with Crippen LogP contribution in [0.5, 0.6) is 0 Å². The lowest BCUT2D eigenvalue weighted by molar-refractivity contribution is -0.137. The van der Waals surface area contributed by atoms with Crippen molar-refractivity contribution in [3.8, 4) is 10.6 Å². The Morgan fingerprint density at radius 3 is 2.62 bits per heavy atom. The number of alkyl halides is 3. The van der Waals surface area contributed by atoms with Crippen molar-refractivity contribution in [3.05, 3.63) is 53.6 Å². The van der Waals surface area contributed by atoms with Gasteiger partial charge in [0.05, 0.1) is 39.0 Å². The van der Waals surface area contributed by atoms with Crippen LogP contribution >= 0.6 is 11.3 Å². The molecular formula is C22H18F4N8O2S. The van der Waals surface area contributed by atoms with Crippen LogP contribution in [0.4, 0.5) is 33.2 Å². The van der Waals surface area contributed by atoms with Crippen molar-refractivity contribution in [1.29, 1.82) is 0 Å². The van der Waals surface area contributed by atoms with E-state index in [9.17, 15) is 27.2 Å². The largest absolute Gasteiger partial charge is 0.416 e. The number of nitrogens with one attached hydrogen (secondary N) is 4. The highest BCUT2D eigenvalue weighted by molar-refractivity contribution is 7.19. The van der Waals surface area contributed by atoms with Gasteiger partial charge in [-0.2, -0.15) is 18.3 Å². The summed E-state index contributed by atoms with van der Waals surface area (Å²) >= 11 is 1.02. The Kier molecular flexibility index (Phi) is 6.47. The maximum atomic E-state index is 13.9. The first-order valence-corrected chi connectivity index (χ1v) is 11.8. The van der Waals surface area contributed by atoms with Gasteiger partial charge >= 0.3 is 12.2 Å². The van der Waals surface area contributed by atoms with Crippen molar-refractivity contribution in [3.63, 3.8) is 0 Å². The molecule has 4 aromatic rings. The second kappa shape index (κ2) is 9.74. The summed E-state index contributed by atoms with van der Waals surface area (Å²) in [5.74, 6) is -1.19. The Labute approximate surface area is 210 Å². The molecule has 0 unspecified atom stereocenters. The molecule has 0 radical (unpaired) electrons. The van der Waals surface area contributed by atoms with E-state index in [1.54, 1.807) is 11.0 Å². The topological polar surface area (TPSA) is 128 Å². The van der Waals surface area contributed by atoms with Crippen LogP contribution in [0.3, 0.4) is 0 Å². The number of nitrogens with zero attached hydrogens (tertiary/aromatic N) is 4. The van der Waals surface area contributed by atoms with Crippen molar-refractivity contribution in [2.45, 2.75) is 6.18 Å². The average molecular weight is 534 g/mol. The summed E-state index contributed by atoms with van der Waals surface area (Å²) in [4.78, 5) is 36.3. The number of amides is 3. The second-order valence-electron chi connectivity index (χ2n) is 8.03. The van der Waals surface area contributed by atoms with Gasteiger partial charge in [0.15, 0.2) is 10.8 Å². The monoisotopic (exact) mass is 534 g/mol. The molecule has 5 rings (SSSR count). The number of hydrogen-bond acceptors (Lipinski definition) is 7. The number of fused-ring (bicyclic) bond motifs is 1. The number of aromatic nitrogens is 4. The first-order valence-electron chi connectivity index (χ1n) is 10.9. The molecule has 1 saturated heterocycles. The standard InChI is InChI=1S/C22H18F4N8O2S/c23-14-2-1-11(22(24,25)26)7-15(14)31-20(36)32-21-28-10-17(37-21)16-8-12(13-9-29-33-18(13)30-16)19(35)34-5-3-27-4-6-34/h1-2,7-10,27H,3-6H2,(H,29,30,33)(H2,28,31,32,36). The minimum atomic E-state index is -4.70. The van der Waals surface area contributed by atoms with Gasteiger partial charge in [-0.3, -0.25) is 15.2 Å². The van der Waals surface area contributed by atoms with Gasteiger partial charge in [0.25, 0.3) is 5.91 Å². The third kappa shape index (κ3) is 5.22. The Hall–Kier alpha value is -4.11. The summed E-state index contributed by atoms with van der Waals surface area (Å²) in [5, 5.41) is 15.0. The molecule has 15 heteroatoms. The number of piperazine rings is 1. The lowest BCUT2D eigenvalue weighted by Crippen LogP contribution is -2.46.